The molecule has 108 valence electrons. The van der Waals surface area contributed by atoms with Gasteiger partial charge in [-0.05, 0) is 52.4 Å². The summed E-state index contributed by atoms with van der Waals surface area (Å²) in [6.45, 7) is 2.16. The lowest BCUT2D eigenvalue weighted by Gasteiger charge is -2.39. The molecule has 1 aromatic rings. The van der Waals surface area contributed by atoms with Gasteiger partial charge in [-0.1, -0.05) is 43.9 Å². The second-order valence-electron chi connectivity index (χ2n) is 5.71. The molecule has 2 rings (SSSR count). The largest absolute Gasteiger partial charge is 0.387 e. The van der Waals surface area contributed by atoms with Crippen molar-refractivity contribution >= 4 is 27.5 Å². The lowest BCUT2D eigenvalue weighted by molar-refractivity contribution is 0.0185. The highest BCUT2D eigenvalue weighted by atomic mass is 79.9. The van der Waals surface area contributed by atoms with E-state index in [9.17, 15) is 10.4 Å². The summed E-state index contributed by atoms with van der Waals surface area (Å²) in [5.41, 5.74) is 0.103. The van der Waals surface area contributed by atoms with Gasteiger partial charge in [0, 0.05) is 4.47 Å². The Morgan fingerprint density at radius 1 is 1.60 bits per heavy atom. The molecule has 3 atom stereocenters. The average Bonchev–Trinajstić information content (AvgIpc) is 2.49. The molecule has 1 saturated carbocycles. The molecule has 3 unspecified atom stereocenters. The zero-order chi connectivity index (χ0) is 14.8. The van der Waals surface area contributed by atoms with E-state index in [-0.39, 0.29) is 0 Å². The molecule has 1 fully saturated rings. The fourth-order valence-electron chi connectivity index (χ4n) is 3.19. The van der Waals surface area contributed by atoms with Crippen LogP contribution in [0, 0.1) is 22.7 Å². The van der Waals surface area contributed by atoms with E-state index in [4.69, 9.17) is 11.6 Å². The van der Waals surface area contributed by atoms with E-state index >= 15 is 0 Å². The molecule has 0 bridgehead atoms. The molecule has 0 heterocycles. The highest BCUT2D eigenvalue weighted by Crippen LogP contribution is 2.48. The molecule has 0 amide bonds. The normalized spacial score (nSPS) is 27.9. The summed E-state index contributed by atoms with van der Waals surface area (Å²) < 4.78 is 0.756. The first-order chi connectivity index (χ1) is 9.52. The van der Waals surface area contributed by atoms with Crippen LogP contribution in [0.5, 0.6) is 0 Å². The van der Waals surface area contributed by atoms with Gasteiger partial charge in [-0.2, -0.15) is 5.26 Å². The molecule has 0 aromatic heterocycles. The van der Waals surface area contributed by atoms with Crippen LogP contribution in [-0.2, 0) is 0 Å². The van der Waals surface area contributed by atoms with Crippen molar-refractivity contribution in [1.82, 2.24) is 0 Å². The topological polar surface area (TPSA) is 44.0 Å². The quantitative estimate of drug-likeness (QED) is 0.804. The molecule has 1 aliphatic rings. The molecule has 1 aromatic carbocycles. The number of rotatable bonds is 3. The van der Waals surface area contributed by atoms with Gasteiger partial charge in [0.15, 0.2) is 0 Å². The number of aliphatic hydroxyl groups is 1. The van der Waals surface area contributed by atoms with Gasteiger partial charge < -0.3 is 5.11 Å². The van der Waals surface area contributed by atoms with E-state index in [1.54, 1.807) is 6.07 Å². The number of nitriles is 1. The van der Waals surface area contributed by atoms with E-state index in [0.717, 1.165) is 42.1 Å². The van der Waals surface area contributed by atoms with Crippen LogP contribution in [0.1, 0.15) is 50.7 Å². The first kappa shape index (κ1) is 15.8. The Balaban J connectivity index is 2.30. The zero-order valence-electron chi connectivity index (χ0n) is 11.6. The number of hydrogen-bond donors (Lipinski definition) is 1. The third-order valence-corrected chi connectivity index (χ3v) is 5.68. The maximum Gasteiger partial charge on any atom is 0.0976 e. The molecule has 0 saturated heterocycles. The molecule has 2 nitrogen and oxygen atoms in total. The van der Waals surface area contributed by atoms with Crippen LogP contribution >= 0.6 is 27.5 Å². The summed E-state index contributed by atoms with van der Waals surface area (Å²) in [7, 11) is 0. The van der Waals surface area contributed by atoms with Gasteiger partial charge in [-0.3, -0.25) is 0 Å². The number of aliphatic hydroxyl groups excluding tert-OH is 1. The lowest BCUT2D eigenvalue weighted by Crippen LogP contribution is -2.33. The SMILES string of the molecule is CCC1CCCC(C#N)(C(O)c2ccc(Cl)c(Br)c2)C1. The van der Waals surface area contributed by atoms with Crippen molar-refractivity contribution < 1.29 is 5.11 Å². The minimum Gasteiger partial charge on any atom is -0.387 e. The molecule has 4 heteroatoms. The predicted molar refractivity (Wildman–Crippen MR) is 84.4 cm³/mol. The van der Waals surface area contributed by atoms with Crippen LogP contribution in [0.3, 0.4) is 0 Å². The molecule has 1 aliphatic carbocycles. The van der Waals surface area contributed by atoms with Gasteiger partial charge in [0.25, 0.3) is 0 Å². The molecule has 20 heavy (non-hydrogen) atoms. The van der Waals surface area contributed by atoms with Crippen LogP contribution in [0.25, 0.3) is 0 Å². The first-order valence-electron chi connectivity index (χ1n) is 7.06. The van der Waals surface area contributed by atoms with Crippen LogP contribution in [-0.4, -0.2) is 5.11 Å². The van der Waals surface area contributed by atoms with Crippen LogP contribution in [0.15, 0.2) is 22.7 Å². The third kappa shape index (κ3) is 3.03. The van der Waals surface area contributed by atoms with Gasteiger partial charge in [0.1, 0.15) is 0 Å². The standard InChI is InChI=1S/C16H19BrClNO/c1-2-11-4-3-7-16(9-11,10-19)15(20)12-5-6-14(18)13(17)8-12/h5-6,8,11,15,20H,2-4,7,9H2,1H3. The van der Waals surface area contributed by atoms with Crippen molar-refractivity contribution in [3.8, 4) is 6.07 Å². The number of hydrogen-bond acceptors (Lipinski definition) is 2. The molecular weight excluding hydrogens is 338 g/mol. The monoisotopic (exact) mass is 355 g/mol. The summed E-state index contributed by atoms with van der Waals surface area (Å²) in [6, 6.07) is 7.81. The summed E-state index contributed by atoms with van der Waals surface area (Å²) in [6.07, 6.45) is 4.04. The Hall–Kier alpha value is -0.560. The molecule has 0 spiro atoms. The third-order valence-electron chi connectivity index (χ3n) is 4.47. The number of halogens is 2. The van der Waals surface area contributed by atoms with Gasteiger partial charge in [-0.25, -0.2) is 0 Å². The second-order valence-corrected chi connectivity index (χ2v) is 6.98. The van der Waals surface area contributed by atoms with Crippen molar-refractivity contribution in [2.24, 2.45) is 11.3 Å². The maximum absolute atomic E-state index is 10.7. The summed E-state index contributed by atoms with van der Waals surface area (Å²) in [4.78, 5) is 0. The Bertz CT molecular complexity index is 528. The van der Waals surface area contributed by atoms with E-state index in [1.165, 1.54) is 0 Å². The van der Waals surface area contributed by atoms with Crippen LogP contribution in [0.4, 0.5) is 0 Å². The highest BCUT2D eigenvalue weighted by Gasteiger charge is 2.43. The van der Waals surface area contributed by atoms with E-state index < -0.39 is 11.5 Å². The second kappa shape index (κ2) is 6.47. The summed E-state index contributed by atoms with van der Waals surface area (Å²) in [5.74, 6) is 0.536. The minimum absolute atomic E-state index is 0.536. The smallest absolute Gasteiger partial charge is 0.0976 e. The van der Waals surface area contributed by atoms with Crippen molar-refractivity contribution in [2.45, 2.75) is 45.1 Å². The van der Waals surface area contributed by atoms with Crippen molar-refractivity contribution in [1.29, 1.82) is 5.26 Å². The van der Waals surface area contributed by atoms with Gasteiger partial charge in [0.05, 0.1) is 22.6 Å². The van der Waals surface area contributed by atoms with Crippen molar-refractivity contribution in [3.63, 3.8) is 0 Å². The van der Waals surface area contributed by atoms with E-state index in [0.29, 0.717) is 10.9 Å². The number of benzene rings is 1. The Morgan fingerprint density at radius 2 is 2.35 bits per heavy atom. The van der Waals surface area contributed by atoms with Gasteiger partial charge >= 0.3 is 0 Å². The van der Waals surface area contributed by atoms with E-state index in [1.807, 2.05) is 12.1 Å². The van der Waals surface area contributed by atoms with Crippen molar-refractivity contribution in [3.05, 3.63) is 33.3 Å². The van der Waals surface area contributed by atoms with Crippen LogP contribution in [0.2, 0.25) is 5.02 Å². The van der Waals surface area contributed by atoms with Crippen molar-refractivity contribution in [2.75, 3.05) is 0 Å². The minimum atomic E-state index is -0.754. The van der Waals surface area contributed by atoms with Gasteiger partial charge in [-0.15, -0.1) is 0 Å². The van der Waals surface area contributed by atoms with Gasteiger partial charge in [0.2, 0.25) is 0 Å². The molecular formula is C16H19BrClNO. The number of nitrogens with zero attached hydrogens (tertiary/aromatic N) is 1. The molecule has 1 N–H and O–H groups in total. The summed E-state index contributed by atoms with van der Waals surface area (Å²) in [5, 5.41) is 21.0. The van der Waals surface area contributed by atoms with Crippen LogP contribution < -0.4 is 0 Å². The Morgan fingerprint density at radius 3 is 2.95 bits per heavy atom. The predicted octanol–water partition coefficient (Wildman–Crippen LogP) is 5.25. The first-order valence-corrected chi connectivity index (χ1v) is 8.24. The zero-order valence-corrected chi connectivity index (χ0v) is 13.9. The summed E-state index contributed by atoms with van der Waals surface area (Å²) >= 11 is 9.37. The molecule has 0 radical (unpaired) electrons. The molecule has 0 aliphatic heterocycles. The maximum atomic E-state index is 10.7. The van der Waals surface area contributed by atoms with E-state index in [2.05, 4.69) is 28.9 Å². The Labute approximate surface area is 133 Å². The highest BCUT2D eigenvalue weighted by molar-refractivity contribution is 9.10. The fraction of sp³-hybridized carbons (Fsp3) is 0.562. The average molecular weight is 357 g/mol. The fourth-order valence-corrected chi connectivity index (χ4v) is 3.70. The Kier molecular flexibility index (Phi) is 5.12. The lowest BCUT2D eigenvalue weighted by atomic mass is 9.65.